The van der Waals surface area contributed by atoms with Gasteiger partial charge in [-0.1, -0.05) is 23.2 Å². The molecule has 0 spiro atoms. The standard InChI is InChI=1S/C8H8Cl2F3NO/c1-2-15-6-7(10,8(11,12)13)4-3-5(9)14-6/h3-5H,2H2,1H3. The first-order valence-corrected chi connectivity index (χ1v) is 4.93. The molecule has 0 aromatic heterocycles. The van der Waals surface area contributed by atoms with Crippen molar-refractivity contribution in [2.24, 2.45) is 4.99 Å². The molecule has 1 rings (SSSR count). The summed E-state index contributed by atoms with van der Waals surface area (Å²) < 4.78 is 42.7. The molecule has 0 radical (unpaired) electrons. The molecule has 2 unspecified atom stereocenters. The van der Waals surface area contributed by atoms with E-state index in [9.17, 15) is 13.2 Å². The number of hydrogen-bond donors (Lipinski definition) is 0. The molecule has 0 N–H and O–H groups in total. The Morgan fingerprint density at radius 3 is 2.67 bits per heavy atom. The highest BCUT2D eigenvalue weighted by molar-refractivity contribution is 6.38. The second-order valence-electron chi connectivity index (χ2n) is 2.81. The molecule has 7 heteroatoms. The number of rotatable bonds is 1. The summed E-state index contributed by atoms with van der Waals surface area (Å²) in [4.78, 5) is 0.813. The van der Waals surface area contributed by atoms with Crippen molar-refractivity contribution < 1.29 is 17.9 Å². The van der Waals surface area contributed by atoms with Crippen LogP contribution in [0.25, 0.3) is 0 Å². The Labute approximate surface area is 94.7 Å². The van der Waals surface area contributed by atoms with E-state index in [1.54, 1.807) is 0 Å². The van der Waals surface area contributed by atoms with Crippen molar-refractivity contribution in [3.8, 4) is 0 Å². The molecule has 0 amide bonds. The Bertz CT molecular complexity index is 303. The van der Waals surface area contributed by atoms with Gasteiger partial charge in [-0.25, -0.2) is 4.99 Å². The predicted octanol–water partition coefficient (Wildman–Crippen LogP) is 3.10. The monoisotopic (exact) mass is 261 g/mol. The minimum Gasteiger partial charge on any atom is -0.479 e. The second kappa shape index (κ2) is 4.22. The van der Waals surface area contributed by atoms with E-state index in [4.69, 9.17) is 27.9 Å². The number of ether oxygens (including phenoxy) is 1. The predicted molar refractivity (Wildman–Crippen MR) is 52.5 cm³/mol. The summed E-state index contributed by atoms with van der Waals surface area (Å²) in [6.07, 6.45) is -2.84. The van der Waals surface area contributed by atoms with Crippen LogP contribution in [0.5, 0.6) is 0 Å². The van der Waals surface area contributed by atoms with Crippen LogP contribution >= 0.6 is 23.2 Å². The zero-order chi connectivity index (χ0) is 11.7. The molecular formula is C8H8Cl2F3NO. The summed E-state index contributed by atoms with van der Waals surface area (Å²) in [7, 11) is 0. The first-order valence-electron chi connectivity index (χ1n) is 4.11. The van der Waals surface area contributed by atoms with Crippen LogP contribution in [0.15, 0.2) is 17.1 Å². The maximum absolute atomic E-state index is 12.6. The highest BCUT2D eigenvalue weighted by Gasteiger charge is 2.58. The van der Waals surface area contributed by atoms with Crippen molar-refractivity contribution in [2.45, 2.75) is 23.5 Å². The third-order valence-electron chi connectivity index (χ3n) is 1.73. The number of nitrogens with zero attached hydrogens (tertiary/aromatic N) is 1. The highest BCUT2D eigenvalue weighted by Crippen LogP contribution is 2.41. The molecule has 2 atom stereocenters. The summed E-state index contributed by atoms with van der Waals surface area (Å²) >= 11 is 11.0. The van der Waals surface area contributed by atoms with Crippen molar-refractivity contribution in [2.75, 3.05) is 6.61 Å². The van der Waals surface area contributed by atoms with Crippen LogP contribution in [-0.4, -0.2) is 29.1 Å². The van der Waals surface area contributed by atoms with E-state index < -0.39 is 22.4 Å². The van der Waals surface area contributed by atoms with Crippen molar-refractivity contribution >= 4 is 29.1 Å². The van der Waals surface area contributed by atoms with Gasteiger partial charge in [0.25, 0.3) is 0 Å². The fourth-order valence-electron chi connectivity index (χ4n) is 1.03. The summed E-state index contributed by atoms with van der Waals surface area (Å²) in [5.74, 6) is -0.610. The van der Waals surface area contributed by atoms with Crippen molar-refractivity contribution in [3.63, 3.8) is 0 Å². The molecule has 0 saturated carbocycles. The normalized spacial score (nSPS) is 31.3. The van der Waals surface area contributed by atoms with Crippen molar-refractivity contribution in [1.29, 1.82) is 0 Å². The molecule has 0 fully saturated rings. The van der Waals surface area contributed by atoms with E-state index in [-0.39, 0.29) is 6.61 Å². The second-order valence-corrected chi connectivity index (χ2v) is 3.85. The zero-order valence-electron chi connectivity index (χ0n) is 7.68. The molecule has 0 aliphatic carbocycles. The van der Waals surface area contributed by atoms with Gasteiger partial charge in [0.05, 0.1) is 6.61 Å². The maximum Gasteiger partial charge on any atom is 0.420 e. The molecule has 1 heterocycles. The first kappa shape index (κ1) is 12.6. The fourth-order valence-corrected chi connectivity index (χ4v) is 1.36. The van der Waals surface area contributed by atoms with Gasteiger partial charge in [0.1, 0.15) is 5.50 Å². The van der Waals surface area contributed by atoms with Gasteiger partial charge in [0.2, 0.25) is 10.8 Å². The van der Waals surface area contributed by atoms with E-state index in [1.165, 1.54) is 6.92 Å². The molecule has 86 valence electrons. The van der Waals surface area contributed by atoms with Crippen LogP contribution in [0.4, 0.5) is 13.2 Å². The summed E-state index contributed by atoms with van der Waals surface area (Å²) in [5.41, 5.74) is -0.874. The van der Waals surface area contributed by atoms with Gasteiger partial charge in [-0.2, -0.15) is 13.2 Å². The third-order valence-corrected chi connectivity index (χ3v) is 2.48. The van der Waals surface area contributed by atoms with Crippen LogP contribution in [-0.2, 0) is 4.74 Å². The number of hydrogen-bond acceptors (Lipinski definition) is 2. The van der Waals surface area contributed by atoms with E-state index in [0.717, 1.165) is 12.2 Å². The van der Waals surface area contributed by atoms with Gasteiger partial charge in [-0.3, -0.25) is 0 Å². The van der Waals surface area contributed by atoms with Crippen LogP contribution in [0.3, 0.4) is 0 Å². The average molecular weight is 262 g/mol. The minimum absolute atomic E-state index is 0.0425. The molecule has 0 aromatic carbocycles. The Morgan fingerprint density at radius 2 is 2.20 bits per heavy atom. The average Bonchev–Trinajstić information content (AvgIpc) is 2.10. The molecule has 1 aliphatic rings. The first-order chi connectivity index (χ1) is 6.81. The lowest BCUT2D eigenvalue weighted by molar-refractivity contribution is -0.138. The Kier molecular flexibility index (Phi) is 3.55. The quantitative estimate of drug-likeness (QED) is 0.404. The lowest BCUT2D eigenvalue weighted by Crippen LogP contribution is -2.48. The smallest absolute Gasteiger partial charge is 0.420 e. The number of aliphatic imine (C=N–C) groups is 1. The molecule has 0 bridgehead atoms. The van der Waals surface area contributed by atoms with Crippen LogP contribution in [0.2, 0.25) is 0 Å². The largest absolute Gasteiger partial charge is 0.479 e. The van der Waals surface area contributed by atoms with Gasteiger partial charge in [0.15, 0.2) is 0 Å². The van der Waals surface area contributed by atoms with Crippen LogP contribution in [0.1, 0.15) is 6.92 Å². The summed E-state index contributed by atoms with van der Waals surface area (Å²) in [6.45, 7) is 1.58. The molecule has 1 aliphatic heterocycles. The van der Waals surface area contributed by atoms with Crippen molar-refractivity contribution in [3.05, 3.63) is 12.2 Å². The molecule has 15 heavy (non-hydrogen) atoms. The number of halogens is 5. The van der Waals surface area contributed by atoms with Crippen molar-refractivity contribution in [1.82, 2.24) is 0 Å². The SMILES string of the molecule is CCOC1=NC(Cl)C=CC1(Cl)C(F)(F)F. The van der Waals surface area contributed by atoms with E-state index in [1.807, 2.05) is 0 Å². The molecule has 2 nitrogen and oxygen atoms in total. The molecule has 0 saturated heterocycles. The molecule has 0 aromatic rings. The van der Waals surface area contributed by atoms with Gasteiger partial charge in [-0.15, -0.1) is 0 Å². The third kappa shape index (κ3) is 2.39. The van der Waals surface area contributed by atoms with Gasteiger partial charge in [0, 0.05) is 0 Å². The summed E-state index contributed by atoms with van der Waals surface area (Å²) in [6, 6.07) is 0. The van der Waals surface area contributed by atoms with E-state index in [2.05, 4.69) is 4.99 Å². The van der Waals surface area contributed by atoms with E-state index >= 15 is 0 Å². The summed E-state index contributed by atoms with van der Waals surface area (Å²) in [5, 5.41) is 0. The maximum atomic E-state index is 12.6. The minimum atomic E-state index is -4.67. The zero-order valence-corrected chi connectivity index (χ0v) is 9.20. The Hall–Kier alpha value is -0.420. The van der Waals surface area contributed by atoms with Crippen LogP contribution < -0.4 is 0 Å². The fraction of sp³-hybridized carbons (Fsp3) is 0.625. The van der Waals surface area contributed by atoms with Gasteiger partial charge in [-0.05, 0) is 19.1 Å². The topological polar surface area (TPSA) is 21.6 Å². The highest BCUT2D eigenvalue weighted by atomic mass is 35.5. The lowest BCUT2D eigenvalue weighted by atomic mass is 10.1. The van der Waals surface area contributed by atoms with Crippen LogP contribution in [0, 0.1) is 0 Å². The van der Waals surface area contributed by atoms with Gasteiger partial charge >= 0.3 is 6.18 Å². The number of alkyl halides is 5. The lowest BCUT2D eigenvalue weighted by Gasteiger charge is -2.30. The molecular weight excluding hydrogens is 254 g/mol. The Morgan fingerprint density at radius 1 is 1.60 bits per heavy atom. The van der Waals surface area contributed by atoms with Gasteiger partial charge < -0.3 is 4.74 Å². The number of dihydropyridines is 1. The van der Waals surface area contributed by atoms with E-state index in [0.29, 0.717) is 0 Å². The Balaban J connectivity index is 3.06.